The number of carbonyl (C=O) groups excluding carboxylic acids is 1. The lowest BCUT2D eigenvalue weighted by atomic mass is 10.1. The van der Waals surface area contributed by atoms with Gasteiger partial charge >= 0.3 is 0 Å². The van der Waals surface area contributed by atoms with Crippen LogP contribution in [0.5, 0.6) is 5.75 Å². The molecule has 0 fully saturated rings. The van der Waals surface area contributed by atoms with Gasteiger partial charge in [-0.3, -0.25) is 4.79 Å². The van der Waals surface area contributed by atoms with E-state index in [4.69, 9.17) is 4.74 Å². The van der Waals surface area contributed by atoms with Gasteiger partial charge in [0.25, 0.3) is 5.91 Å². The van der Waals surface area contributed by atoms with Crippen LogP contribution < -0.4 is 10.1 Å². The zero-order chi connectivity index (χ0) is 20.8. The number of rotatable bonds is 8. The molecule has 0 radical (unpaired) electrons. The highest BCUT2D eigenvalue weighted by molar-refractivity contribution is 5.94. The molecule has 5 nitrogen and oxygen atoms in total. The number of carbonyl (C=O) groups is 1. The Morgan fingerprint density at radius 1 is 1.14 bits per heavy atom. The number of hydrogen-bond donors (Lipinski definition) is 1. The van der Waals surface area contributed by atoms with Crippen LogP contribution in [0, 0.1) is 11.7 Å². The number of benzene rings is 2. The molecule has 3 rings (SSSR count). The third kappa shape index (κ3) is 5.44. The molecule has 152 valence electrons. The Balaban J connectivity index is 1.75. The van der Waals surface area contributed by atoms with Crippen molar-refractivity contribution in [2.45, 2.75) is 26.3 Å². The van der Waals surface area contributed by atoms with Crippen molar-refractivity contribution in [2.75, 3.05) is 6.61 Å². The molecular formula is C23H26FN3O2. The maximum atomic E-state index is 13.3. The van der Waals surface area contributed by atoms with E-state index < -0.39 is 6.04 Å². The summed E-state index contributed by atoms with van der Waals surface area (Å²) in [5.41, 5.74) is 1.27. The molecule has 1 amide bonds. The number of amides is 1. The van der Waals surface area contributed by atoms with Gasteiger partial charge in [-0.25, -0.2) is 9.37 Å². The normalized spacial score (nSPS) is 12.0. The topological polar surface area (TPSA) is 56.1 Å². The summed E-state index contributed by atoms with van der Waals surface area (Å²) >= 11 is 0. The minimum Gasteiger partial charge on any atom is -0.494 e. The highest BCUT2D eigenvalue weighted by Crippen LogP contribution is 2.22. The molecule has 0 bridgehead atoms. The third-order valence-electron chi connectivity index (χ3n) is 4.68. The van der Waals surface area contributed by atoms with E-state index >= 15 is 0 Å². The fourth-order valence-corrected chi connectivity index (χ4v) is 2.94. The van der Waals surface area contributed by atoms with Crippen molar-refractivity contribution in [3.05, 3.63) is 83.7 Å². The highest BCUT2D eigenvalue weighted by Gasteiger charge is 2.21. The Hall–Kier alpha value is -3.15. The second-order valence-electron chi connectivity index (χ2n) is 7.41. The summed E-state index contributed by atoms with van der Waals surface area (Å²) in [7, 11) is 1.86. The standard InChI is InChI=1S/C23H26FN3O2/c1-16(2)12-15-29-20-10-6-18(7-11-20)23(28)26-21(22-25-13-14-27(22)3)17-4-8-19(24)9-5-17/h4-11,13-14,16,21H,12,15H2,1-3H3,(H,26,28). The Kier molecular flexibility index (Phi) is 6.65. The van der Waals surface area contributed by atoms with Crippen molar-refractivity contribution in [3.8, 4) is 5.75 Å². The summed E-state index contributed by atoms with van der Waals surface area (Å²) in [4.78, 5) is 17.2. The Labute approximate surface area is 170 Å². The Morgan fingerprint density at radius 2 is 1.83 bits per heavy atom. The van der Waals surface area contributed by atoms with Crippen LogP contribution in [0.4, 0.5) is 4.39 Å². The third-order valence-corrected chi connectivity index (χ3v) is 4.68. The van der Waals surface area contributed by atoms with Crippen molar-refractivity contribution in [1.29, 1.82) is 0 Å². The molecule has 2 aromatic carbocycles. The Bertz CT molecular complexity index is 934. The molecule has 0 spiro atoms. The lowest BCUT2D eigenvalue weighted by molar-refractivity contribution is 0.0941. The predicted molar refractivity (Wildman–Crippen MR) is 110 cm³/mol. The first-order valence-electron chi connectivity index (χ1n) is 9.70. The molecule has 29 heavy (non-hydrogen) atoms. The number of ether oxygens (including phenoxy) is 1. The number of aromatic nitrogens is 2. The van der Waals surface area contributed by atoms with Gasteiger partial charge in [0.15, 0.2) is 0 Å². The number of hydrogen-bond acceptors (Lipinski definition) is 3. The molecule has 0 aliphatic carbocycles. The summed E-state index contributed by atoms with van der Waals surface area (Å²) in [6.07, 6.45) is 4.45. The molecule has 3 aromatic rings. The van der Waals surface area contributed by atoms with E-state index in [0.29, 0.717) is 23.9 Å². The van der Waals surface area contributed by atoms with E-state index in [0.717, 1.165) is 17.7 Å². The van der Waals surface area contributed by atoms with E-state index in [2.05, 4.69) is 24.1 Å². The van der Waals surface area contributed by atoms with Crippen LogP contribution in [0.1, 0.15) is 48.1 Å². The monoisotopic (exact) mass is 395 g/mol. The van der Waals surface area contributed by atoms with Crippen LogP contribution in [0.3, 0.4) is 0 Å². The average Bonchev–Trinajstić information content (AvgIpc) is 3.12. The molecule has 0 saturated carbocycles. The van der Waals surface area contributed by atoms with E-state index in [1.54, 1.807) is 48.8 Å². The van der Waals surface area contributed by atoms with E-state index in [-0.39, 0.29) is 11.7 Å². The first-order valence-corrected chi connectivity index (χ1v) is 9.70. The predicted octanol–water partition coefficient (Wildman–Crippen LogP) is 4.50. The van der Waals surface area contributed by atoms with Crippen LogP contribution in [0.15, 0.2) is 60.9 Å². The van der Waals surface area contributed by atoms with E-state index in [1.807, 2.05) is 11.6 Å². The largest absolute Gasteiger partial charge is 0.494 e. The number of aryl methyl sites for hydroxylation is 1. The fourth-order valence-electron chi connectivity index (χ4n) is 2.94. The van der Waals surface area contributed by atoms with Crippen molar-refractivity contribution >= 4 is 5.91 Å². The summed E-state index contributed by atoms with van der Waals surface area (Å²) in [6.45, 7) is 4.95. The van der Waals surface area contributed by atoms with Gasteiger partial charge in [-0.05, 0) is 54.3 Å². The molecule has 1 heterocycles. The van der Waals surface area contributed by atoms with Crippen molar-refractivity contribution in [3.63, 3.8) is 0 Å². The molecule has 0 aliphatic heterocycles. The SMILES string of the molecule is CC(C)CCOc1ccc(C(=O)NC(c2ccc(F)cc2)c2nccn2C)cc1. The number of nitrogens with one attached hydrogen (secondary N) is 1. The quantitative estimate of drug-likeness (QED) is 0.611. The van der Waals surface area contributed by atoms with Crippen LogP contribution in [0.25, 0.3) is 0 Å². The smallest absolute Gasteiger partial charge is 0.252 e. The lowest BCUT2D eigenvalue weighted by Crippen LogP contribution is -2.31. The second kappa shape index (κ2) is 9.37. The summed E-state index contributed by atoms with van der Waals surface area (Å²) < 4.78 is 20.9. The van der Waals surface area contributed by atoms with Crippen molar-refractivity contribution in [2.24, 2.45) is 13.0 Å². The van der Waals surface area contributed by atoms with Crippen LogP contribution in [0.2, 0.25) is 0 Å². The van der Waals surface area contributed by atoms with Gasteiger partial charge in [-0.1, -0.05) is 26.0 Å². The lowest BCUT2D eigenvalue weighted by Gasteiger charge is -2.19. The number of halogens is 1. The number of nitrogens with zero attached hydrogens (tertiary/aromatic N) is 2. The fraction of sp³-hybridized carbons (Fsp3) is 0.304. The molecule has 0 saturated heterocycles. The van der Waals surface area contributed by atoms with Crippen LogP contribution in [-0.2, 0) is 7.05 Å². The minimum atomic E-state index is -0.495. The van der Waals surface area contributed by atoms with Crippen molar-refractivity contribution < 1.29 is 13.9 Å². The number of imidazole rings is 1. The first kappa shape index (κ1) is 20.6. The summed E-state index contributed by atoms with van der Waals surface area (Å²) in [6, 6.07) is 12.6. The summed E-state index contributed by atoms with van der Waals surface area (Å²) in [5, 5.41) is 3.00. The first-order chi connectivity index (χ1) is 13.9. The van der Waals surface area contributed by atoms with Gasteiger partial charge in [-0.15, -0.1) is 0 Å². The van der Waals surface area contributed by atoms with Gasteiger partial charge in [0.2, 0.25) is 0 Å². The summed E-state index contributed by atoms with van der Waals surface area (Å²) in [5.74, 6) is 1.41. The van der Waals surface area contributed by atoms with E-state index in [1.165, 1.54) is 12.1 Å². The second-order valence-corrected chi connectivity index (χ2v) is 7.41. The average molecular weight is 395 g/mol. The molecular weight excluding hydrogens is 369 g/mol. The van der Waals surface area contributed by atoms with Gasteiger partial charge in [-0.2, -0.15) is 0 Å². The van der Waals surface area contributed by atoms with Crippen LogP contribution >= 0.6 is 0 Å². The molecule has 1 atom stereocenters. The van der Waals surface area contributed by atoms with E-state index in [9.17, 15) is 9.18 Å². The highest BCUT2D eigenvalue weighted by atomic mass is 19.1. The molecule has 1 unspecified atom stereocenters. The zero-order valence-corrected chi connectivity index (χ0v) is 16.9. The maximum absolute atomic E-state index is 13.3. The van der Waals surface area contributed by atoms with Crippen molar-refractivity contribution in [1.82, 2.24) is 14.9 Å². The van der Waals surface area contributed by atoms with Gasteiger partial charge in [0, 0.05) is 25.0 Å². The maximum Gasteiger partial charge on any atom is 0.252 e. The minimum absolute atomic E-state index is 0.240. The molecule has 6 heteroatoms. The molecule has 1 N–H and O–H groups in total. The van der Waals surface area contributed by atoms with Gasteiger partial charge in [0.1, 0.15) is 23.4 Å². The van der Waals surface area contributed by atoms with Crippen LogP contribution in [-0.4, -0.2) is 22.1 Å². The van der Waals surface area contributed by atoms with Gasteiger partial charge < -0.3 is 14.6 Å². The molecule has 1 aromatic heterocycles. The zero-order valence-electron chi connectivity index (χ0n) is 16.9. The van der Waals surface area contributed by atoms with Gasteiger partial charge in [0.05, 0.1) is 6.61 Å². The Morgan fingerprint density at radius 3 is 2.41 bits per heavy atom. The molecule has 0 aliphatic rings.